The number of halogens is 1. The molecule has 0 spiro atoms. The van der Waals surface area contributed by atoms with Crippen LogP contribution in [0.25, 0.3) is 5.78 Å². The van der Waals surface area contributed by atoms with Gasteiger partial charge in [0.05, 0.1) is 13.2 Å². The Morgan fingerprint density at radius 2 is 2.05 bits per heavy atom. The van der Waals surface area contributed by atoms with Crippen LogP contribution in [0.1, 0.15) is 16.1 Å². The lowest BCUT2D eigenvalue weighted by molar-refractivity contribution is -0.416. The fourth-order valence-electron chi connectivity index (χ4n) is 2.05. The third-order valence-corrected chi connectivity index (χ3v) is 4.02. The molecule has 0 unspecified atom stereocenters. The van der Waals surface area contributed by atoms with Crippen molar-refractivity contribution >= 4 is 34.6 Å². The van der Waals surface area contributed by atoms with Crippen molar-refractivity contribution in [2.24, 2.45) is 7.05 Å². The van der Waals surface area contributed by atoms with Gasteiger partial charge in [0, 0.05) is 0 Å². The average Bonchev–Trinajstić information content (AvgIpc) is 2.99. The molecular formula is C14H13IN3O2+. The van der Waals surface area contributed by atoms with E-state index < -0.39 is 0 Å². The van der Waals surface area contributed by atoms with Crippen LogP contribution in [0.3, 0.4) is 0 Å². The van der Waals surface area contributed by atoms with Gasteiger partial charge in [0.15, 0.2) is 22.9 Å². The minimum atomic E-state index is -0.327. The van der Waals surface area contributed by atoms with E-state index in [1.54, 1.807) is 8.98 Å². The predicted molar refractivity (Wildman–Crippen MR) is 81.5 cm³/mol. The van der Waals surface area contributed by atoms with Crippen molar-refractivity contribution < 1.29 is 12.3 Å². The molecular weight excluding hydrogens is 369 g/mol. The number of ether oxygens (including phenoxy) is 1. The van der Waals surface area contributed by atoms with E-state index in [1.807, 2.05) is 58.7 Å². The second-order valence-electron chi connectivity index (χ2n) is 4.47. The molecule has 3 aromatic rings. The molecule has 0 N–H and O–H groups in total. The van der Waals surface area contributed by atoms with Crippen LogP contribution < -0.4 is 2.78 Å². The summed E-state index contributed by atoms with van der Waals surface area (Å²) < 4.78 is 11.0. The standard InChI is InChI=1S/C14H13IN3O2/c1-16-7-8-17-9-12(18(15)14(16)17)13(19)20-10-11-5-3-2-4-6-11/h2-9H,10H2,1H3/q+1. The summed E-state index contributed by atoms with van der Waals surface area (Å²) in [6, 6.07) is 9.65. The number of fused-ring (bicyclic) bond motifs is 1. The maximum Gasteiger partial charge on any atom is 0.378 e. The van der Waals surface area contributed by atoms with Gasteiger partial charge in [-0.25, -0.2) is 13.8 Å². The number of imidazole rings is 2. The largest absolute Gasteiger partial charge is 0.455 e. The summed E-state index contributed by atoms with van der Waals surface area (Å²) in [5, 5.41) is 0. The first-order valence-corrected chi connectivity index (χ1v) is 7.08. The summed E-state index contributed by atoms with van der Waals surface area (Å²) >= 11 is 2.10. The first-order chi connectivity index (χ1) is 9.66. The predicted octanol–water partition coefficient (Wildman–Crippen LogP) is 2.12. The quantitative estimate of drug-likeness (QED) is 0.514. The Balaban J connectivity index is 1.80. The smallest absolute Gasteiger partial charge is 0.378 e. The second kappa shape index (κ2) is 5.28. The molecule has 0 aliphatic heterocycles. The number of hydrogen-bond donors (Lipinski definition) is 0. The molecule has 2 heterocycles. The molecule has 0 aliphatic carbocycles. The molecule has 2 aromatic heterocycles. The number of nitrogens with zero attached hydrogens (tertiary/aromatic N) is 3. The van der Waals surface area contributed by atoms with E-state index in [4.69, 9.17) is 4.74 Å². The molecule has 6 heteroatoms. The van der Waals surface area contributed by atoms with Crippen LogP contribution in [0.15, 0.2) is 48.9 Å². The van der Waals surface area contributed by atoms with Gasteiger partial charge in [-0.15, -0.1) is 0 Å². The van der Waals surface area contributed by atoms with Gasteiger partial charge >= 0.3 is 11.7 Å². The molecule has 102 valence electrons. The van der Waals surface area contributed by atoms with Gasteiger partial charge < -0.3 is 4.74 Å². The van der Waals surface area contributed by atoms with E-state index in [0.29, 0.717) is 5.69 Å². The van der Waals surface area contributed by atoms with Crippen LogP contribution in [0.2, 0.25) is 0 Å². The summed E-state index contributed by atoms with van der Waals surface area (Å²) in [5.41, 5.74) is 1.50. The van der Waals surface area contributed by atoms with E-state index in [0.717, 1.165) is 11.3 Å². The molecule has 0 atom stereocenters. The maximum absolute atomic E-state index is 12.1. The van der Waals surface area contributed by atoms with Crippen molar-refractivity contribution in [2.45, 2.75) is 6.61 Å². The molecule has 3 rings (SSSR count). The molecule has 0 saturated carbocycles. The molecule has 0 bridgehead atoms. The highest BCUT2D eigenvalue weighted by molar-refractivity contribution is 14.1. The second-order valence-corrected chi connectivity index (χ2v) is 5.44. The Morgan fingerprint density at radius 3 is 2.75 bits per heavy atom. The number of benzene rings is 1. The molecule has 0 radical (unpaired) electrons. The molecule has 5 nitrogen and oxygen atoms in total. The Morgan fingerprint density at radius 1 is 1.30 bits per heavy atom. The van der Waals surface area contributed by atoms with Gasteiger partial charge in [0.25, 0.3) is 0 Å². The summed E-state index contributed by atoms with van der Waals surface area (Å²) in [7, 11) is 1.93. The number of aromatic nitrogens is 3. The molecule has 0 amide bonds. The first-order valence-electron chi connectivity index (χ1n) is 6.12. The van der Waals surface area contributed by atoms with E-state index in [2.05, 4.69) is 22.9 Å². The monoisotopic (exact) mass is 382 g/mol. The number of aryl methyl sites for hydroxylation is 1. The Labute approximate surface area is 129 Å². The zero-order valence-electron chi connectivity index (χ0n) is 10.9. The van der Waals surface area contributed by atoms with Crippen LogP contribution >= 0.6 is 22.9 Å². The molecule has 0 saturated heterocycles. The highest BCUT2D eigenvalue weighted by atomic mass is 127. The van der Waals surface area contributed by atoms with Crippen LogP contribution in [0.5, 0.6) is 0 Å². The van der Waals surface area contributed by atoms with Crippen LogP contribution in [0, 0.1) is 0 Å². The van der Waals surface area contributed by atoms with Crippen LogP contribution in [-0.2, 0) is 18.4 Å². The van der Waals surface area contributed by atoms with Gasteiger partial charge in [-0.1, -0.05) is 30.3 Å². The van der Waals surface area contributed by atoms with Crippen molar-refractivity contribution in [3.63, 3.8) is 0 Å². The Hall–Kier alpha value is -1.83. The van der Waals surface area contributed by atoms with Crippen molar-refractivity contribution in [2.75, 3.05) is 0 Å². The third-order valence-electron chi connectivity index (χ3n) is 3.07. The summed E-state index contributed by atoms with van der Waals surface area (Å²) in [6.45, 7) is 0.280. The highest BCUT2D eigenvalue weighted by Gasteiger charge is 2.24. The van der Waals surface area contributed by atoms with E-state index >= 15 is 0 Å². The summed E-state index contributed by atoms with van der Waals surface area (Å²) in [5.74, 6) is 0.587. The maximum atomic E-state index is 12.1. The fraction of sp³-hybridized carbons (Fsp3) is 0.143. The normalized spacial score (nSPS) is 10.9. The summed E-state index contributed by atoms with van der Waals surface area (Å²) in [4.78, 5) is 12.1. The average molecular weight is 382 g/mol. The van der Waals surface area contributed by atoms with Crippen molar-refractivity contribution in [1.29, 1.82) is 0 Å². The zero-order chi connectivity index (χ0) is 14.1. The molecule has 0 aliphatic rings. The van der Waals surface area contributed by atoms with Gasteiger partial charge in [-0.2, -0.15) is 2.78 Å². The van der Waals surface area contributed by atoms with Gasteiger partial charge in [0.2, 0.25) is 5.69 Å². The Bertz CT molecular complexity index is 761. The van der Waals surface area contributed by atoms with Crippen molar-refractivity contribution in [3.05, 3.63) is 60.2 Å². The summed E-state index contributed by atoms with van der Waals surface area (Å²) in [6.07, 6.45) is 5.61. The number of esters is 1. The number of carbonyl (C=O) groups excluding carboxylic acids is 1. The SMILES string of the molecule is Cn1ccn2cc(C(=O)OCc3ccccc3)[n+](I)c12. The molecule has 0 fully saturated rings. The number of hydrogen-bond acceptors (Lipinski definition) is 2. The lowest BCUT2D eigenvalue weighted by Gasteiger charge is -2.02. The fourth-order valence-corrected chi connectivity index (χ4v) is 2.96. The van der Waals surface area contributed by atoms with Gasteiger partial charge in [0.1, 0.15) is 19.0 Å². The van der Waals surface area contributed by atoms with Crippen LogP contribution in [-0.4, -0.2) is 14.9 Å². The highest BCUT2D eigenvalue weighted by Crippen LogP contribution is 2.09. The zero-order valence-corrected chi connectivity index (χ0v) is 13.0. The van der Waals surface area contributed by atoms with Gasteiger partial charge in [-0.05, 0) is 5.56 Å². The van der Waals surface area contributed by atoms with Crippen molar-refractivity contribution in [3.8, 4) is 0 Å². The topological polar surface area (TPSA) is 39.5 Å². The molecule has 20 heavy (non-hydrogen) atoms. The van der Waals surface area contributed by atoms with Gasteiger partial charge in [-0.3, -0.25) is 0 Å². The van der Waals surface area contributed by atoms with E-state index in [1.165, 1.54) is 0 Å². The number of carbonyl (C=O) groups is 1. The minimum absolute atomic E-state index is 0.280. The first kappa shape index (κ1) is 13.2. The van der Waals surface area contributed by atoms with E-state index in [-0.39, 0.29) is 12.6 Å². The third kappa shape index (κ3) is 2.31. The van der Waals surface area contributed by atoms with E-state index in [9.17, 15) is 4.79 Å². The van der Waals surface area contributed by atoms with Crippen molar-refractivity contribution in [1.82, 2.24) is 8.97 Å². The molecule has 1 aromatic carbocycles. The Kier molecular flexibility index (Phi) is 3.47. The lowest BCUT2D eigenvalue weighted by atomic mass is 10.2. The number of rotatable bonds is 3. The minimum Gasteiger partial charge on any atom is -0.455 e. The van der Waals surface area contributed by atoms with Crippen LogP contribution in [0.4, 0.5) is 0 Å². The lowest BCUT2D eigenvalue weighted by Crippen LogP contribution is -2.29.